The summed E-state index contributed by atoms with van der Waals surface area (Å²) in [4.78, 5) is 10.7. The minimum Gasteiger partial charge on any atom is -0.459 e. The second-order valence-electron chi connectivity index (χ2n) is 3.38. The fourth-order valence-corrected chi connectivity index (χ4v) is 1.08. The lowest BCUT2D eigenvalue weighted by atomic mass is 10.2. The van der Waals surface area contributed by atoms with Crippen LogP contribution in [0, 0.1) is 11.8 Å². The van der Waals surface area contributed by atoms with Gasteiger partial charge in [-0.3, -0.25) is 0 Å². The third kappa shape index (κ3) is 12.2. The number of rotatable bonds is 6. The molecule has 0 amide bonds. The third-order valence-electron chi connectivity index (χ3n) is 1.96. The monoisotopic (exact) mass is 232 g/mol. The molecule has 0 saturated carbocycles. The van der Waals surface area contributed by atoms with Crippen molar-refractivity contribution < 1.29 is 9.53 Å². The van der Waals surface area contributed by atoms with Crippen LogP contribution in [0.1, 0.15) is 32.6 Å². The first kappa shape index (κ1) is 15.2. The van der Waals surface area contributed by atoms with Crippen LogP contribution in [0.15, 0.2) is 36.5 Å². The predicted molar refractivity (Wildman–Crippen MR) is 71.4 cm³/mol. The summed E-state index contributed by atoms with van der Waals surface area (Å²) in [5, 5.41) is 0. The summed E-state index contributed by atoms with van der Waals surface area (Å²) in [6.07, 6.45) is 16.1. The molecule has 2 nitrogen and oxygen atoms in total. The Bertz CT molecular complexity index is 338. The lowest BCUT2D eigenvalue weighted by Crippen LogP contribution is -1.94. The number of carbonyl (C=O) groups excluding carboxylic acids is 1. The first-order chi connectivity index (χ1) is 8.31. The first-order valence-electron chi connectivity index (χ1n) is 5.82. The van der Waals surface area contributed by atoms with Gasteiger partial charge < -0.3 is 4.74 Å². The Morgan fingerprint density at radius 2 is 1.94 bits per heavy atom. The topological polar surface area (TPSA) is 26.3 Å². The fraction of sp³-hybridized carbons (Fsp3) is 0.400. The third-order valence-corrected chi connectivity index (χ3v) is 1.96. The van der Waals surface area contributed by atoms with E-state index in [0.717, 1.165) is 25.7 Å². The van der Waals surface area contributed by atoms with Crippen molar-refractivity contribution in [3.63, 3.8) is 0 Å². The van der Waals surface area contributed by atoms with Gasteiger partial charge in [0.2, 0.25) is 0 Å². The van der Waals surface area contributed by atoms with Crippen molar-refractivity contribution in [2.45, 2.75) is 32.6 Å². The number of esters is 1. The van der Waals surface area contributed by atoms with Gasteiger partial charge in [0.1, 0.15) is 0 Å². The second kappa shape index (κ2) is 12.3. The van der Waals surface area contributed by atoms with E-state index in [4.69, 9.17) is 0 Å². The summed E-state index contributed by atoms with van der Waals surface area (Å²) in [7, 11) is 1.34. The van der Waals surface area contributed by atoms with Crippen molar-refractivity contribution in [2.75, 3.05) is 7.11 Å². The molecule has 0 aliphatic heterocycles. The van der Waals surface area contributed by atoms with E-state index in [1.165, 1.54) is 7.11 Å². The summed E-state index contributed by atoms with van der Waals surface area (Å²) < 4.78 is 4.41. The number of hydrogen-bond donors (Lipinski definition) is 0. The second-order valence-corrected chi connectivity index (χ2v) is 3.38. The van der Waals surface area contributed by atoms with Gasteiger partial charge in [0, 0.05) is 12.3 Å². The van der Waals surface area contributed by atoms with Crippen LogP contribution >= 0.6 is 0 Å². The van der Waals surface area contributed by atoms with Crippen LogP contribution < -0.4 is 0 Å². The maximum Gasteiger partial charge on any atom is 0.384 e. The van der Waals surface area contributed by atoms with Gasteiger partial charge in [-0.15, -0.1) is 0 Å². The molecule has 0 aliphatic rings. The van der Waals surface area contributed by atoms with Crippen LogP contribution in [-0.2, 0) is 9.53 Å². The highest BCUT2D eigenvalue weighted by atomic mass is 16.5. The molecule has 0 saturated heterocycles. The number of unbranched alkanes of at least 4 members (excludes halogenated alkanes) is 3. The standard InChI is InChI=1S/C15H20O2/c1-3-4-5-6-7-8-9-10-11-12-13-14-15(16)17-2/h3-8H,9-12H2,1-2H3/b4-3+,6-5+,8-7+. The molecule has 17 heavy (non-hydrogen) atoms. The number of ether oxygens (including phenoxy) is 1. The smallest absolute Gasteiger partial charge is 0.384 e. The quantitative estimate of drug-likeness (QED) is 0.231. The normalized spacial score (nSPS) is 10.9. The maximum absolute atomic E-state index is 10.7. The van der Waals surface area contributed by atoms with Crippen LogP contribution in [0.2, 0.25) is 0 Å². The zero-order valence-electron chi connectivity index (χ0n) is 10.6. The number of hydrogen-bond acceptors (Lipinski definition) is 2. The summed E-state index contributed by atoms with van der Waals surface area (Å²) >= 11 is 0. The molecule has 0 spiro atoms. The highest BCUT2D eigenvalue weighted by Gasteiger charge is 1.88. The fourth-order valence-electron chi connectivity index (χ4n) is 1.08. The molecule has 92 valence electrons. The van der Waals surface area contributed by atoms with Crippen LogP contribution in [-0.4, -0.2) is 13.1 Å². The van der Waals surface area contributed by atoms with E-state index in [1.807, 2.05) is 37.3 Å². The summed E-state index contributed by atoms with van der Waals surface area (Å²) in [5.74, 6) is 4.73. The van der Waals surface area contributed by atoms with E-state index in [2.05, 4.69) is 22.7 Å². The molecule has 0 heterocycles. The summed E-state index contributed by atoms with van der Waals surface area (Å²) in [5.41, 5.74) is 0. The molecular formula is C15H20O2. The lowest BCUT2D eigenvalue weighted by Gasteiger charge is -1.90. The van der Waals surface area contributed by atoms with Crippen molar-refractivity contribution in [3.05, 3.63) is 36.5 Å². The lowest BCUT2D eigenvalue weighted by molar-refractivity contribution is -0.133. The van der Waals surface area contributed by atoms with E-state index in [-0.39, 0.29) is 0 Å². The number of allylic oxidation sites excluding steroid dienone is 6. The zero-order valence-corrected chi connectivity index (χ0v) is 10.6. The molecule has 0 N–H and O–H groups in total. The van der Waals surface area contributed by atoms with Crippen LogP contribution in [0.25, 0.3) is 0 Å². The molecule has 2 heteroatoms. The molecule has 0 aromatic heterocycles. The summed E-state index contributed by atoms with van der Waals surface area (Å²) in [6.45, 7) is 1.99. The number of carbonyl (C=O) groups is 1. The molecule has 0 aromatic rings. The molecule has 0 aromatic carbocycles. The number of methoxy groups -OCH3 is 1. The Morgan fingerprint density at radius 3 is 2.65 bits per heavy atom. The highest BCUT2D eigenvalue weighted by Crippen LogP contribution is 1.99. The van der Waals surface area contributed by atoms with Gasteiger partial charge >= 0.3 is 5.97 Å². The van der Waals surface area contributed by atoms with Gasteiger partial charge in [-0.05, 0) is 26.2 Å². The molecule has 0 bridgehead atoms. The molecule has 0 radical (unpaired) electrons. The van der Waals surface area contributed by atoms with E-state index in [9.17, 15) is 4.79 Å². The SMILES string of the molecule is C/C=C/C=C/C=C/CCCCC#CC(=O)OC. The Hall–Kier alpha value is -1.75. The van der Waals surface area contributed by atoms with E-state index in [0.29, 0.717) is 0 Å². The Kier molecular flexibility index (Phi) is 11.1. The summed E-state index contributed by atoms with van der Waals surface area (Å²) in [6, 6.07) is 0. The molecule has 0 atom stereocenters. The van der Waals surface area contributed by atoms with Crippen LogP contribution in [0.3, 0.4) is 0 Å². The Morgan fingerprint density at radius 1 is 1.18 bits per heavy atom. The molecular weight excluding hydrogens is 212 g/mol. The maximum atomic E-state index is 10.7. The molecule has 0 aliphatic carbocycles. The van der Waals surface area contributed by atoms with Crippen molar-refractivity contribution >= 4 is 5.97 Å². The van der Waals surface area contributed by atoms with E-state index >= 15 is 0 Å². The Balaban J connectivity index is 3.45. The molecule has 0 unspecified atom stereocenters. The largest absolute Gasteiger partial charge is 0.459 e. The van der Waals surface area contributed by atoms with Crippen LogP contribution in [0.5, 0.6) is 0 Å². The minimum atomic E-state index is -0.459. The van der Waals surface area contributed by atoms with Crippen molar-refractivity contribution in [2.24, 2.45) is 0 Å². The van der Waals surface area contributed by atoms with Crippen molar-refractivity contribution in [3.8, 4) is 11.8 Å². The van der Waals surface area contributed by atoms with Gasteiger partial charge in [0.05, 0.1) is 7.11 Å². The van der Waals surface area contributed by atoms with E-state index in [1.54, 1.807) is 0 Å². The van der Waals surface area contributed by atoms with Gasteiger partial charge in [0.15, 0.2) is 0 Å². The van der Waals surface area contributed by atoms with Crippen molar-refractivity contribution in [1.82, 2.24) is 0 Å². The molecule has 0 fully saturated rings. The average Bonchev–Trinajstić information content (AvgIpc) is 2.35. The van der Waals surface area contributed by atoms with Gasteiger partial charge in [-0.25, -0.2) is 4.79 Å². The van der Waals surface area contributed by atoms with Gasteiger partial charge in [-0.1, -0.05) is 42.4 Å². The van der Waals surface area contributed by atoms with Crippen molar-refractivity contribution in [1.29, 1.82) is 0 Å². The average molecular weight is 232 g/mol. The van der Waals surface area contributed by atoms with Gasteiger partial charge in [0.25, 0.3) is 0 Å². The highest BCUT2D eigenvalue weighted by molar-refractivity contribution is 5.88. The molecule has 0 rings (SSSR count). The van der Waals surface area contributed by atoms with Gasteiger partial charge in [-0.2, -0.15) is 0 Å². The zero-order chi connectivity index (χ0) is 12.8. The minimum absolute atomic E-state index is 0.459. The predicted octanol–water partition coefficient (Wildman–Crippen LogP) is 3.41. The Labute approximate surface area is 104 Å². The van der Waals surface area contributed by atoms with E-state index < -0.39 is 5.97 Å². The van der Waals surface area contributed by atoms with Crippen LogP contribution in [0.4, 0.5) is 0 Å². The first-order valence-corrected chi connectivity index (χ1v) is 5.82.